The van der Waals surface area contributed by atoms with Crippen molar-refractivity contribution in [1.82, 2.24) is 20.1 Å². The van der Waals surface area contributed by atoms with Gasteiger partial charge in [0.2, 0.25) is 0 Å². The number of nitrogens with zero attached hydrogens (tertiary/aromatic N) is 3. The highest BCUT2D eigenvalue weighted by molar-refractivity contribution is 7.09. The number of rotatable bonds is 4. The molecule has 15 heavy (non-hydrogen) atoms. The van der Waals surface area contributed by atoms with Gasteiger partial charge in [-0.3, -0.25) is 4.68 Å². The van der Waals surface area contributed by atoms with Crippen LogP contribution in [0.5, 0.6) is 0 Å². The van der Waals surface area contributed by atoms with Crippen LogP contribution in [0.1, 0.15) is 16.3 Å². The lowest BCUT2D eigenvalue weighted by molar-refractivity contribution is 0.659. The van der Waals surface area contributed by atoms with E-state index in [9.17, 15) is 0 Å². The second kappa shape index (κ2) is 4.55. The molecule has 2 aromatic rings. The van der Waals surface area contributed by atoms with Crippen LogP contribution >= 0.6 is 11.3 Å². The molecule has 0 aliphatic rings. The van der Waals surface area contributed by atoms with E-state index >= 15 is 0 Å². The largest absolute Gasteiger partial charge is 0.306 e. The van der Waals surface area contributed by atoms with Crippen molar-refractivity contribution >= 4 is 11.3 Å². The van der Waals surface area contributed by atoms with Gasteiger partial charge in [0, 0.05) is 31.2 Å². The maximum absolute atomic E-state index is 4.29. The predicted octanol–water partition coefficient (Wildman–Crippen LogP) is 1.47. The van der Waals surface area contributed by atoms with E-state index < -0.39 is 0 Å². The third kappa shape index (κ3) is 2.64. The van der Waals surface area contributed by atoms with E-state index in [4.69, 9.17) is 0 Å². The van der Waals surface area contributed by atoms with Crippen LogP contribution in [-0.2, 0) is 20.1 Å². The Bertz CT molecular complexity index is 432. The molecular weight excluding hydrogens is 208 g/mol. The molecule has 0 fully saturated rings. The molecule has 0 amide bonds. The number of aryl methyl sites for hydroxylation is 2. The summed E-state index contributed by atoms with van der Waals surface area (Å²) in [7, 11) is 1.93. The topological polar surface area (TPSA) is 42.7 Å². The summed E-state index contributed by atoms with van der Waals surface area (Å²) < 4.78 is 1.81. The smallest absolute Gasteiger partial charge is 0.0798 e. The van der Waals surface area contributed by atoms with Crippen LogP contribution in [0.4, 0.5) is 0 Å². The third-order valence-electron chi connectivity index (χ3n) is 2.21. The monoisotopic (exact) mass is 222 g/mol. The van der Waals surface area contributed by atoms with Crippen molar-refractivity contribution in [2.75, 3.05) is 0 Å². The minimum atomic E-state index is 0.804. The highest BCUT2D eigenvalue weighted by atomic mass is 32.1. The van der Waals surface area contributed by atoms with E-state index in [2.05, 4.69) is 15.4 Å². The summed E-state index contributed by atoms with van der Waals surface area (Å²) in [6.45, 7) is 3.71. The van der Waals surface area contributed by atoms with Gasteiger partial charge in [-0.25, -0.2) is 4.98 Å². The summed E-state index contributed by atoms with van der Waals surface area (Å²) >= 11 is 1.69. The first-order valence-corrected chi connectivity index (χ1v) is 5.72. The Hall–Kier alpha value is -1.20. The van der Waals surface area contributed by atoms with Crippen LogP contribution in [-0.4, -0.2) is 14.8 Å². The number of thiazole rings is 1. The average molecular weight is 222 g/mol. The molecule has 0 radical (unpaired) electrons. The van der Waals surface area contributed by atoms with Crippen molar-refractivity contribution < 1.29 is 0 Å². The molecule has 0 atom stereocenters. The van der Waals surface area contributed by atoms with Crippen LogP contribution < -0.4 is 5.32 Å². The Morgan fingerprint density at radius 2 is 2.33 bits per heavy atom. The van der Waals surface area contributed by atoms with E-state index in [1.165, 1.54) is 4.88 Å². The van der Waals surface area contributed by atoms with E-state index in [-0.39, 0.29) is 0 Å². The van der Waals surface area contributed by atoms with Gasteiger partial charge >= 0.3 is 0 Å². The van der Waals surface area contributed by atoms with Crippen LogP contribution in [0, 0.1) is 6.92 Å². The Morgan fingerprint density at radius 1 is 1.47 bits per heavy atom. The lowest BCUT2D eigenvalue weighted by atomic mass is 10.3. The van der Waals surface area contributed by atoms with Gasteiger partial charge in [0.15, 0.2) is 0 Å². The second-order valence-corrected chi connectivity index (χ2v) is 4.38. The van der Waals surface area contributed by atoms with Crippen LogP contribution in [0.25, 0.3) is 0 Å². The van der Waals surface area contributed by atoms with Crippen molar-refractivity contribution in [1.29, 1.82) is 0 Å². The summed E-state index contributed by atoms with van der Waals surface area (Å²) in [5.74, 6) is 0. The zero-order valence-corrected chi connectivity index (χ0v) is 9.71. The molecule has 2 heterocycles. The molecule has 2 aromatic heterocycles. The third-order valence-corrected chi connectivity index (χ3v) is 3.14. The number of hydrogen-bond acceptors (Lipinski definition) is 4. The lowest BCUT2D eigenvalue weighted by Gasteiger charge is -2.00. The predicted molar refractivity (Wildman–Crippen MR) is 60.6 cm³/mol. The second-order valence-electron chi connectivity index (χ2n) is 3.45. The molecular formula is C10H14N4S. The number of nitrogens with one attached hydrogen (secondary N) is 1. The average Bonchev–Trinajstić information content (AvgIpc) is 2.77. The van der Waals surface area contributed by atoms with Crippen molar-refractivity contribution in [3.8, 4) is 0 Å². The SMILES string of the molecule is Cc1ncsc1CNCc1ccn(C)n1. The van der Waals surface area contributed by atoms with Gasteiger partial charge in [0.05, 0.1) is 16.9 Å². The van der Waals surface area contributed by atoms with E-state index in [1.807, 2.05) is 36.4 Å². The Kier molecular flexibility index (Phi) is 3.13. The molecule has 1 N–H and O–H groups in total. The van der Waals surface area contributed by atoms with Crippen LogP contribution in [0.15, 0.2) is 17.8 Å². The van der Waals surface area contributed by atoms with E-state index in [0.29, 0.717) is 0 Å². The summed E-state index contributed by atoms with van der Waals surface area (Å²) in [6.07, 6.45) is 1.95. The van der Waals surface area contributed by atoms with Crippen molar-refractivity contribution in [3.05, 3.63) is 34.0 Å². The number of aromatic nitrogens is 3. The molecule has 5 heteroatoms. The fraction of sp³-hybridized carbons (Fsp3) is 0.400. The van der Waals surface area contributed by atoms with Crippen molar-refractivity contribution in [2.24, 2.45) is 7.05 Å². The molecule has 0 saturated carbocycles. The first kappa shape index (κ1) is 10.3. The molecule has 0 aliphatic heterocycles. The fourth-order valence-corrected chi connectivity index (χ4v) is 2.10. The number of hydrogen-bond donors (Lipinski definition) is 1. The minimum absolute atomic E-state index is 0.804. The molecule has 0 unspecified atom stereocenters. The highest BCUT2D eigenvalue weighted by Gasteiger charge is 2.01. The van der Waals surface area contributed by atoms with Gasteiger partial charge in [-0.1, -0.05) is 0 Å². The van der Waals surface area contributed by atoms with Gasteiger partial charge < -0.3 is 5.32 Å². The van der Waals surface area contributed by atoms with Gasteiger partial charge in [-0.05, 0) is 13.0 Å². The fourth-order valence-electron chi connectivity index (χ4n) is 1.36. The Morgan fingerprint density at radius 3 is 2.93 bits per heavy atom. The zero-order chi connectivity index (χ0) is 10.7. The molecule has 2 rings (SSSR count). The van der Waals surface area contributed by atoms with Crippen molar-refractivity contribution in [2.45, 2.75) is 20.0 Å². The summed E-state index contributed by atoms with van der Waals surface area (Å²) in [6, 6.07) is 2.02. The molecule has 0 aromatic carbocycles. The molecule has 80 valence electrons. The Balaban J connectivity index is 1.83. The normalized spacial score (nSPS) is 10.8. The maximum atomic E-state index is 4.29. The summed E-state index contributed by atoms with van der Waals surface area (Å²) in [5, 5.41) is 7.65. The Labute approximate surface area is 93.0 Å². The minimum Gasteiger partial charge on any atom is -0.306 e. The summed E-state index contributed by atoms with van der Waals surface area (Å²) in [5.41, 5.74) is 4.07. The van der Waals surface area contributed by atoms with E-state index in [0.717, 1.165) is 24.5 Å². The zero-order valence-electron chi connectivity index (χ0n) is 8.90. The van der Waals surface area contributed by atoms with Crippen LogP contribution in [0.2, 0.25) is 0 Å². The van der Waals surface area contributed by atoms with Crippen LogP contribution in [0.3, 0.4) is 0 Å². The lowest BCUT2D eigenvalue weighted by Crippen LogP contribution is -2.13. The molecule has 0 aliphatic carbocycles. The quantitative estimate of drug-likeness (QED) is 0.852. The first-order valence-electron chi connectivity index (χ1n) is 4.84. The summed E-state index contributed by atoms with van der Waals surface area (Å²) in [4.78, 5) is 5.50. The van der Waals surface area contributed by atoms with Gasteiger partial charge in [0.1, 0.15) is 0 Å². The first-order chi connectivity index (χ1) is 7.25. The van der Waals surface area contributed by atoms with Gasteiger partial charge in [-0.2, -0.15) is 5.10 Å². The van der Waals surface area contributed by atoms with E-state index in [1.54, 1.807) is 11.3 Å². The standard InChI is InChI=1S/C10H14N4S/c1-8-10(15-7-12-8)6-11-5-9-3-4-14(2)13-9/h3-4,7,11H,5-6H2,1-2H3. The molecule has 0 saturated heterocycles. The van der Waals surface area contributed by atoms with Crippen molar-refractivity contribution in [3.63, 3.8) is 0 Å². The molecule has 0 bridgehead atoms. The van der Waals surface area contributed by atoms with Gasteiger partial charge in [-0.15, -0.1) is 11.3 Å². The highest BCUT2D eigenvalue weighted by Crippen LogP contribution is 2.11. The maximum Gasteiger partial charge on any atom is 0.0798 e. The van der Waals surface area contributed by atoms with Gasteiger partial charge in [0.25, 0.3) is 0 Å². The molecule has 4 nitrogen and oxygen atoms in total. The molecule has 0 spiro atoms.